The molecule has 0 atom stereocenters. The molecule has 0 aliphatic rings. The third-order valence-corrected chi connectivity index (χ3v) is 3.21. The van der Waals surface area contributed by atoms with Crippen LogP contribution in [0, 0.1) is 0 Å². The number of hydrogen-bond donors (Lipinski definition) is 2. The highest BCUT2D eigenvalue weighted by molar-refractivity contribution is 6.34. The van der Waals surface area contributed by atoms with E-state index in [2.05, 4.69) is 22.0 Å². The topological polar surface area (TPSA) is 83.5 Å². The van der Waals surface area contributed by atoms with Gasteiger partial charge in [-0.1, -0.05) is 36.5 Å². The molecule has 0 aliphatic heterocycles. The van der Waals surface area contributed by atoms with Gasteiger partial charge in [-0.2, -0.15) is 4.98 Å². The smallest absolute Gasteiger partial charge is 0.296 e. The summed E-state index contributed by atoms with van der Waals surface area (Å²) in [5.41, 5.74) is 1.46. The first-order valence-corrected chi connectivity index (χ1v) is 6.48. The Bertz CT molecular complexity index is 609. The molecule has 19 heavy (non-hydrogen) atoms. The van der Waals surface area contributed by atoms with Crippen molar-refractivity contribution >= 4 is 29.0 Å². The normalized spacial score (nSPS) is 11.7. The monoisotopic (exact) mass is 282 g/mol. The van der Waals surface area contributed by atoms with Gasteiger partial charge >= 0.3 is 0 Å². The summed E-state index contributed by atoms with van der Waals surface area (Å²) < 4.78 is 1.64. The van der Waals surface area contributed by atoms with Crippen molar-refractivity contribution in [3.05, 3.63) is 16.8 Å². The molecule has 2 aromatic rings. The van der Waals surface area contributed by atoms with Gasteiger partial charge in [-0.15, -0.1) is 0 Å². The average molecular weight is 283 g/mol. The molecule has 0 saturated carbocycles. The number of pyridine rings is 1. The molecule has 2 N–H and O–H groups in total. The van der Waals surface area contributed by atoms with Gasteiger partial charge in [0, 0.05) is 18.3 Å². The molecule has 0 fully saturated rings. The number of halogens is 1. The van der Waals surface area contributed by atoms with E-state index in [1.807, 2.05) is 0 Å². The molecule has 0 saturated heterocycles. The molecular formula is C12H15ClN4O2. The number of oxime groups is 1. The van der Waals surface area contributed by atoms with E-state index in [1.54, 1.807) is 4.57 Å². The zero-order valence-corrected chi connectivity index (χ0v) is 11.3. The third-order valence-electron chi connectivity index (χ3n) is 2.91. The van der Waals surface area contributed by atoms with Gasteiger partial charge in [0.05, 0.1) is 11.2 Å². The van der Waals surface area contributed by atoms with Crippen molar-refractivity contribution in [2.75, 3.05) is 0 Å². The zero-order valence-electron chi connectivity index (χ0n) is 10.5. The number of unbranched alkanes of at least 4 members (excludes halogenated alkanes) is 2. The average Bonchev–Trinajstić information content (AvgIpc) is 2.70. The summed E-state index contributed by atoms with van der Waals surface area (Å²) in [5.74, 6) is 0. The fourth-order valence-electron chi connectivity index (χ4n) is 2.00. The van der Waals surface area contributed by atoms with Crippen LogP contribution in [0.25, 0.3) is 11.2 Å². The zero-order chi connectivity index (χ0) is 13.8. The van der Waals surface area contributed by atoms with E-state index in [9.17, 15) is 5.11 Å². The van der Waals surface area contributed by atoms with Gasteiger partial charge in [0.1, 0.15) is 5.52 Å². The molecule has 2 aromatic heterocycles. The second-order valence-electron chi connectivity index (χ2n) is 4.21. The lowest BCUT2D eigenvalue weighted by atomic mass is 10.2. The fraction of sp³-hybridized carbons (Fsp3) is 0.417. The van der Waals surface area contributed by atoms with Crippen LogP contribution in [-0.2, 0) is 6.54 Å². The second-order valence-corrected chi connectivity index (χ2v) is 4.61. The minimum Gasteiger partial charge on any atom is -0.480 e. The van der Waals surface area contributed by atoms with E-state index < -0.39 is 0 Å². The molecule has 0 aromatic carbocycles. The Morgan fingerprint density at radius 3 is 2.95 bits per heavy atom. The molecule has 0 amide bonds. The number of fused-ring (bicyclic) bond motifs is 1. The number of rotatable bonds is 5. The summed E-state index contributed by atoms with van der Waals surface area (Å²) in [5, 5.41) is 21.9. The van der Waals surface area contributed by atoms with Gasteiger partial charge in [-0.05, 0) is 6.42 Å². The minimum atomic E-state index is -0.103. The van der Waals surface area contributed by atoms with E-state index in [-0.39, 0.29) is 6.01 Å². The van der Waals surface area contributed by atoms with Crippen LogP contribution >= 0.6 is 11.6 Å². The second kappa shape index (κ2) is 5.88. The predicted octanol–water partition coefficient (Wildman–Crippen LogP) is 2.79. The van der Waals surface area contributed by atoms with Crippen LogP contribution in [0.5, 0.6) is 6.01 Å². The fourth-order valence-corrected chi connectivity index (χ4v) is 2.18. The maximum Gasteiger partial charge on any atom is 0.296 e. The molecule has 7 heteroatoms. The Labute approximate surface area is 115 Å². The number of aromatic nitrogens is 3. The number of aromatic hydroxyl groups is 1. The predicted molar refractivity (Wildman–Crippen MR) is 73.1 cm³/mol. The first kappa shape index (κ1) is 13.6. The molecule has 0 bridgehead atoms. The number of imidazole rings is 1. The maximum absolute atomic E-state index is 9.88. The lowest BCUT2D eigenvalue weighted by molar-refractivity contribution is 0.322. The van der Waals surface area contributed by atoms with E-state index >= 15 is 0 Å². The van der Waals surface area contributed by atoms with Gasteiger partial charge in [-0.25, -0.2) is 4.98 Å². The molecule has 2 rings (SSSR count). The Morgan fingerprint density at radius 2 is 2.26 bits per heavy atom. The van der Waals surface area contributed by atoms with Crippen molar-refractivity contribution in [3.63, 3.8) is 0 Å². The van der Waals surface area contributed by atoms with Gasteiger partial charge in [0.2, 0.25) is 0 Å². The Morgan fingerprint density at radius 1 is 1.47 bits per heavy atom. The Balaban J connectivity index is 2.55. The van der Waals surface area contributed by atoms with Crippen molar-refractivity contribution in [3.8, 4) is 6.01 Å². The lowest BCUT2D eigenvalue weighted by Crippen LogP contribution is -2.01. The molecule has 0 aliphatic carbocycles. The molecule has 0 spiro atoms. The van der Waals surface area contributed by atoms with Gasteiger partial charge in [-0.3, -0.25) is 4.57 Å². The highest BCUT2D eigenvalue weighted by atomic mass is 35.5. The van der Waals surface area contributed by atoms with Crippen LogP contribution in [0.4, 0.5) is 0 Å². The van der Waals surface area contributed by atoms with E-state index in [4.69, 9.17) is 16.8 Å². The first-order valence-electron chi connectivity index (χ1n) is 6.10. The van der Waals surface area contributed by atoms with Crippen molar-refractivity contribution in [1.29, 1.82) is 0 Å². The first-order chi connectivity index (χ1) is 9.19. The van der Waals surface area contributed by atoms with Gasteiger partial charge in [0.15, 0.2) is 5.65 Å². The third kappa shape index (κ3) is 2.63. The molecular weight excluding hydrogens is 268 g/mol. The van der Waals surface area contributed by atoms with Crippen LogP contribution in [0.3, 0.4) is 0 Å². The van der Waals surface area contributed by atoms with Crippen molar-refractivity contribution in [2.45, 2.75) is 32.7 Å². The van der Waals surface area contributed by atoms with E-state index in [0.717, 1.165) is 19.3 Å². The van der Waals surface area contributed by atoms with E-state index in [1.165, 1.54) is 12.4 Å². The summed E-state index contributed by atoms with van der Waals surface area (Å²) in [6.07, 6.45) is 5.69. The SMILES string of the molecule is CCCCCn1c(O)nc2ncc(Cl)c(C=NO)c21. The number of nitrogens with zero attached hydrogens (tertiary/aromatic N) is 4. The molecule has 6 nitrogen and oxygen atoms in total. The molecule has 0 radical (unpaired) electrons. The highest BCUT2D eigenvalue weighted by Crippen LogP contribution is 2.27. The Kier molecular flexibility index (Phi) is 4.21. The molecule has 0 unspecified atom stereocenters. The van der Waals surface area contributed by atoms with Crippen LogP contribution < -0.4 is 0 Å². The highest BCUT2D eigenvalue weighted by Gasteiger charge is 2.16. The largest absolute Gasteiger partial charge is 0.480 e. The standard InChI is InChI=1S/C12H15ClN4O2/c1-2-3-4-5-17-10-8(6-15-19)9(13)7-14-11(10)16-12(17)18/h6-7,19H,2-5H2,1H3,(H,14,16,18). The summed E-state index contributed by atoms with van der Waals surface area (Å²) in [4.78, 5) is 8.05. The summed E-state index contributed by atoms with van der Waals surface area (Å²) in [6, 6.07) is -0.103. The van der Waals surface area contributed by atoms with E-state index in [0.29, 0.717) is 28.3 Å². The Hall–Kier alpha value is -1.82. The van der Waals surface area contributed by atoms with Crippen LogP contribution in [0.2, 0.25) is 5.02 Å². The van der Waals surface area contributed by atoms with Crippen LogP contribution in [0.15, 0.2) is 11.4 Å². The summed E-state index contributed by atoms with van der Waals surface area (Å²) in [6.45, 7) is 2.72. The lowest BCUT2D eigenvalue weighted by Gasteiger charge is -2.07. The van der Waals surface area contributed by atoms with Crippen LogP contribution in [-0.4, -0.2) is 31.1 Å². The quantitative estimate of drug-likeness (QED) is 0.382. The van der Waals surface area contributed by atoms with Crippen molar-refractivity contribution < 1.29 is 10.3 Å². The summed E-state index contributed by atoms with van der Waals surface area (Å²) >= 11 is 6.04. The van der Waals surface area contributed by atoms with Gasteiger partial charge < -0.3 is 10.3 Å². The number of aryl methyl sites for hydroxylation is 1. The van der Waals surface area contributed by atoms with Crippen molar-refractivity contribution in [1.82, 2.24) is 14.5 Å². The molecule has 102 valence electrons. The minimum absolute atomic E-state index is 0.103. The number of hydrogen-bond acceptors (Lipinski definition) is 5. The van der Waals surface area contributed by atoms with Crippen LogP contribution in [0.1, 0.15) is 31.7 Å². The van der Waals surface area contributed by atoms with Gasteiger partial charge in [0.25, 0.3) is 6.01 Å². The van der Waals surface area contributed by atoms with Crippen molar-refractivity contribution in [2.24, 2.45) is 5.16 Å². The maximum atomic E-state index is 9.88. The molecule has 2 heterocycles. The summed E-state index contributed by atoms with van der Waals surface area (Å²) in [7, 11) is 0.